The molecule has 1 aliphatic heterocycles. The number of rotatable bonds is 15. The highest BCUT2D eigenvalue weighted by atomic mass is 19.1. The summed E-state index contributed by atoms with van der Waals surface area (Å²) in [6.07, 6.45) is 11.5. The standard InChI is InChI=1S/C24H27NO6.C9H13F/c26-14-2-4-17-8-12-19(13-9-17)25-21(15-22(25)27)18-10-6-16(7-11-18)3-1-5-20(23(28)29)24(30)31;1-3-5-6-7-8-9(10)4-2/h6-13,20-21,26H,1-5,14-15H2,(H,28,29)(H,30,31);4,6-8H,2-3,5H2,1H3/b;7-6+,9-8+. The fourth-order valence-corrected chi connectivity index (χ4v) is 4.37. The Morgan fingerprint density at radius 3 is 2.12 bits per heavy atom. The number of anilines is 1. The zero-order valence-corrected chi connectivity index (χ0v) is 23.5. The quantitative estimate of drug-likeness (QED) is 0.128. The zero-order valence-electron chi connectivity index (χ0n) is 23.5. The lowest BCUT2D eigenvalue weighted by molar-refractivity contribution is -0.154. The van der Waals surface area contributed by atoms with Crippen molar-refractivity contribution in [2.24, 2.45) is 5.92 Å². The van der Waals surface area contributed by atoms with Crippen LogP contribution in [-0.4, -0.2) is 39.8 Å². The SMILES string of the molecule is C=C/C(F)=C\C=C\CCC.O=C(O)C(CCCc1ccc(C2CC(=O)N2c2ccc(CCCO)cc2)cc1)C(=O)O. The van der Waals surface area contributed by atoms with E-state index in [1.54, 1.807) is 11.0 Å². The van der Waals surface area contributed by atoms with Crippen molar-refractivity contribution >= 4 is 23.5 Å². The second-order valence-corrected chi connectivity index (χ2v) is 9.81. The number of carbonyl (C=O) groups is 3. The van der Waals surface area contributed by atoms with E-state index in [-0.39, 0.29) is 30.8 Å². The number of aryl methyl sites for hydroxylation is 2. The highest BCUT2D eigenvalue weighted by molar-refractivity contribution is 6.01. The van der Waals surface area contributed by atoms with E-state index < -0.39 is 17.9 Å². The number of aliphatic hydroxyl groups excluding tert-OH is 1. The van der Waals surface area contributed by atoms with Crippen molar-refractivity contribution in [1.29, 1.82) is 0 Å². The lowest BCUT2D eigenvalue weighted by Gasteiger charge is -2.41. The summed E-state index contributed by atoms with van der Waals surface area (Å²) in [7, 11) is 0. The summed E-state index contributed by atoms with van der Waals surface area (Å²) in [5.74, 6) is -4.19. The lowest BCUT2D eigenvalue weighted by Crippen LogP contribution is -2.46. The number of hydrogen-bond acceptors (Lipinski definition) is 4. The van der Waals surface area contributed by atoms with Crippen molar-refractivity contribution in [3.63, 3.8) is 0 Å². The van der Waals surface area contributed by atoms with Crippen molar-refractivity contribution in [3.8, 4) is 0 Å². The molecule has 41 heavy (non-hydrogen) atoms. The van der Waals surface area contributed by atoms with Crippen LogP contribution in [0.1, 0.15) is 68.2 Å². The molecule has 1 fully saturated rings. The van der Waals surface area contributed by atoms with Crippen molar-refractivity contribution < 1.29 is 34.1 Å². The van der Waals surface area contributed by atoms with Crippen LogP contribution in [0.25, 0.3) is 0 Å². The second-order valence-electron chi connectivity index (χ2n) is 9.81. The van der Waals surface area contributed by atoms with E-state index >= 15 is 0 Å². The summed E-state index contributed by atoms with van der Waals surface area (Å²) >= 11 is 0. The fraction of sp³-hybridized carbons (Fsp3) is 0.364. The molecule has 1 unspecified atom stereocenters. The molecule has 0 saturated carbocycles. The summed E-state index contributed by atoms with van der Waals surface area (Å²) in [5.41, 5.74) is 4.01. The van der Waals surface area contributed by atoms with E-state index in [0.717, 1.165) is 41.6 Å². The summed E-state index contributed by atoms with van der Waals surface area (Å²) in [5, 5.41) is 26.8. The van der Waals surface area contributed by atoms with Gasteiger partial charge in [0.1, 0.15) is 5.83 Å². The van der Waals surface area contributed by atoms with Gasteiger partial charge in [-0.15, -0.1) is 0 Å². The molecule has 7 nitrogen and oxygen atoms in total. The normalized spacial score (nSPS) is 14.9. The molecule has 1 amide bonds. The summed E-state index contributed by atoms with van der Waals surface area (Å²) in [6.45, 7) is 5.52. The Morgan fingerprint density at radius 2 is 1.61 bits per heavy atom. The van der Waals surface area contributed by atoms with Crippen molar-refractivity contribution in [1.82, 2.24) is 0 Å². The highest BCUT2D eigenvalue weighted by Gasteiger charge is 2.38. The predicted molar refractivity (Wildman–Crippen MR) is 158 cm³/mol. The number of carbonyl (C=O) groups excluding carboxylic acids is 1. The Hall–Kier alpha value is -4.04. The lowest BCUT2D eigenvalue weighted by atomic mass is 9.91. The van der Waals surface area contributed by atoms with Crippen LogP contribution in [0.15, 0.2) is 85.2 Å². The number of hydrogen-bond donors (Lipinski definition) is 3. The molecule has 0 bridgehead atoms. The molecule has 1 saturated heterocycles. The summed E-state index contributed by atoms with van der Waals surface area (Å²) < 4.78 is 12.3. The van der Waals surface area contributed by atoms with Crippen LogP contribution in [0, 0.1) is 5.92 Å². The van der Waals surface area contributed by atoms with E-state index in [1.165, 1.54) is 12.2 Å². The van der Waals surface area contributed by atoms with Crippen molar-refractivity contribution in [2.45, 2.75) is 64.3 Å². The zero-order chi connectivity index (χ0) is 30.2. The van der Waals surface area contributed by atoms with Crippen LogP contribution in [-0.2, 0) is 27.2 Å². The molecule has 1 aliphatic rings. The minimum atomic E-state index is -1.37. The van der Waals surface area contributed by atoms with Gasteiger partial charge in [0.05, 0.1) is 12.5 Å². The topological polar surface area (TPSA) is 115 Å². The number of carboxylic acids is 2. The first-order chi connectivity index (χ1) is 19.7. The predicted octanol–water partition coefficient (Wildman–Crippen LogP) is 6.58. The molecule has 3 N–H and O–H groups in total. The Bertz CT molecular complexity index is 1190. The minimum absolute atomic E-state index is 0.0201. The van der Waals surface area contributed by atoms with Gasteiger partial charge in [-0.1, -0.05) is 68.5 Å². The number of halogens is 1. The van der Waals surface area contributed by atoms with E-state index in [2.05, 4.69) is 13.5 Å². The molecule has 2 aromatic carbocycles. The van der Waals surface area contributed by atoms with E-state index in [4.69, 9.17) is 15.3 Å². The molecule has 0 spiro atoms. The number of β-lactam (4-membered cyclic amide) rings is 1. The van der Waals surface area contributed by atoms with Gasteiger partial charge in [0.2, 0.25) is 5.91 Å². The van der Waals surface area contributed by atoms with Crippen LogP contribution in [0.5, 0.6) is 0 Å². The Labute approximate surface area is 241 Å². The maximum Gasteiger partial charge on any atom is 0.317 e. The second kappa shape index (κ2) is 17.6. The van der Waals surface area contributed by atoms with Crippen molar-refractivity contribution in [3.05, 3.63) is 102 Å². The van der Waals surface area contributed by atoms with Crippen LogP contribution < -0.4 is 4.90 Å². The van der Waals surface area contributed by atoms with Gasteiger partial charge in [0.25, 0.3) is 0 Å². The summed E-state index contributed by atoms with van der Waals surface area (Å²) in [4.78, 5) is 36.0. The molecular formula is C33H40FNO6. The van der Waals surface area contributed by atoms with Crippen LogP contribution >= 0.6 is 0 Å². The maximum atomic E-state index is 12.3. The smallest absolute Gasteiger partial charge is 0.317 e. The maximum absolute atomic E-state index is 12.3. The molecule has 0 radical (unpaired) electrons. The van der Waals surface area contributed by atoms with Crippen LogP contribution in [0.3, 0.4) is 0 Å². The molecule has 0 aliphatic carbocycles. The first-order valence-corrected chi connectivity index (χ1v) is 13.9. The Morgan fingerprint density at radius 1 is 1.02 bits per heavy atom. The van der Waals surface area contributed by atoms with Gasteiger partial charge in [-0.2, -0.15) is 0 Å². The van der Waals surface area contributed by atoms with Crippen molar-refractivity contribution in [2.75, 3.05) is 11.5 Å². The Kier molecular flexibility index (Phi) is 14.2. The third kappa shape index (κ3) is 10.8. The molecular weight excluding hydrogens is 525 g/mol. The number of aliphatic carboxylic acids is 2. The Balaban J connectivity index is 0.000000503. The van der Waals surface area contributed by atoms with Gasteiger partial charge < -0.3 is 20.2 Å². The first-order valence-electron chi connectivity index (χ1n) is 13.9. The molecule has 1 atom stereocenters. The molecule has 1 heterocycles. The van der Waals surface area contributed by atoms with Gasteiger partial charge in [-0.05, 0) is 79.5 Å². The van der Waals surface area contributed by atoms with Gasteiger partial charge in [-0.3, -0.25) is 14.4 Å². The molecule has 220 valence electrons. The first kappa shape index (κ1) is 33.2. The number of allylic oxidation sites excluding steroid dienone is 5. The summed E-state index contributed by atoms with van der Waals surface area (Å²) in [6, 6.07) is 15.7. The number of nitrogens with zero attached hydrogens (tertiary/aromatic N) is 1. The number of aliphatic hydroxyl groups is 1. The highest BCUT2D eigenvalue weighted by Crippen LogP contribution is 2.39. The number of amides is 1. The third-order valence-corrected chi connectivity index (χ3v) is 6.75. The van der Waals surface area contributed by atoms with E-state index in [0.29, 0.717) is 25.7 Å². The minimum Gasteiger partial charge on any atom is -0.481 e. The van der Waals surface area contributed by atoms with E-state index in [9.17, 15) is 18.8 Å². The number of unbranched alkanes of at least 4 members (excludes halogenated alkanes) is 1. The number of benzene rings is 2. The number of carboxylic acid groups (broad SMARTS) is 2. The van der Waals surface area contributed by atoms with Gasteiger partial charge in [-0.25, -0.2) is 4.39 Å². The molecule has 2 aromatic rings. The van der Waals surface area contributed by atoms with Crippen LogP contribution in [0.4, 0.5) is 10.1 Å². The van der Waals surface area contributed by atoms with E-state index in [1.807, 2.05) is 54.6 Å². The van der Waals surface area contributed by atoms with Gasteiger partial charge >= 0.3 is 11.9 Å². The molecule has 8 heteroatoms. The van der Waals surface area contributed by atoms with Gasteiger partial charge in [0, 0.05) is 12.3 Å². The molecule has 0 aromatic heterocycles. The average Bonchev–Trinajstić information content (AvgIpc) is 2.96. The molecule has 3 rings (SSSR count). The largest absolute Gasteiger partial charge is 0.481 e. The monoisotopic (exact) mass is 565 g/mol. The fourth-order valence-electron chi connectivity index (χ4n) is 4.37. The van der Waals surface area contributed by atoms with Crippen LogP contribution in [0.2, 0.25) is 0 Å². The van der Waals surface area contributed by atoms with Gasteiger partial charge in [0.15, 0.2) is 5.92 Å². The average molecular weight is 566 g/mol. The third-order valence-electron chi connectivity index (χ3n) is 6.75.